The molecule has 0 saturated carbocycles. The van der Waals surface area contributed by atoms with E-state index in [4.69, 9.17) is 9.47 Å². The molecule has 3 amide bonds. The van der Waals surface area contributed by atoms with Crippen LogP contribution in [0.4, 0.5) is 9.59 Å². The van der Waals surface area contributed by atoms with Crippen molar-refractivity contribution in [2.45, 2.75) is 63.8 Å². The molecule has 2 N–H and O–H groups in total. The number of aromatic nitrogens is 1. The van der Waals surface area contributed by atoms with E-state index in [2.05, 4.69) is 44.8 Å². The van der Waals surface area contributed by atoms with Gasteiger partial charge in [-0.15, -0.1) is 11.3 Å². The summed E-state index contributed by atoms with van der Waals surface area (Å²) in [5, 5.41) is 6.20. The zero-order chi connectivity index (χ0) is 36.4. The minimum absolute atomic E-state index is 0.00646. The lowest BCUT2D eigenvalue weighted by Gasteiger charge is -2.30. The number of ether oxygens (including phenoxy) is 2. The molecule has 0 bridgehead atoms. The molecule has 3 aromatic carbocycles. The Bertz CT molecular complexity index is 1620. The van der Waals surface area contributed by atoms with E-state index >= 15 is 0 Å². The normalized spacial score (nSPS) is 14.9. The molecule has 2 heterocycles. The van der Waals surface area contributed by atoms with E-state index < -0.39 is 12.1 Å². The largest absolute Gasteiger partial charge is 0.444 e. The van der Waals surface area contributed by atoms with Gasteiger partial charge in [-0.1, -0.05) is 91.0 Å². The molecule has 11 heteroatoms. The number of hydrogen-bond donors (Lipinski definition) is 2. The molecule has 1 fully saturated rings. The van der Waals surface area contributed by atoms with E-state index in [1.165, 1.54) is 11.3 Å². The summed E-state index contributed by atoms with van der Waals surface area (Å²) in [6.07, 6.45) is 4.74. The smallest absolute Gasteiger partial charge is 0.407 e. The van der Waals surface area contributed by atoms with Crippen LogP contribution in [0.3, 0.4) is 0 Å². The van der Waals surface area contributed by atoms with Gasteiger partial charge in [-0.05, 0) is 54.7 Å². The van der Waals surface area contributed by atoms with E-state index in [1.807, 2.05) is 66.7 Å². The maximum atomic E-state index is 14.3. The third-order valence-corrected chi connectivity index (χ3v) is 10.1. The minimum Gasteiger partial charge on any atom is -0.444 e. The van der Waals surface area contributed by atoms with Gasteiger partial charge in [-0.2, -0.15) is 0 Å². The predicted molar refractivity (Wildman–Crippen MR) is 204 cm³/mol. The number of hydrogen-bond acceptors (Lipinski definition) is 8. The van der Waals surface area contributed by atoms with Crippen molar-refractivity contribution in [3.8, 4) is 0 Å². The Morgan fingerprint density at radius 3 is 2.12 bits per heavy atom. The second-order valence-electron chi connectivity index (χ2n) is 13.5. The zero-order valence-electron chi connectivity index (χ0n) is 30.0. The Morgan fingerprint density at radius 1 is 0.846 bits per heavy atom. The zero-order valence-corrected chi connectivity index (χ0v) is 30.8. The highest BCUT2D eigenvalue weighted by atomic mass is 32.1. The number of ketones is 1. The number of amides is 3. The molecular weight excluding hydrogens is 675 g/mol. The van der Waals surface area contributed by atoms with Crippen LogP contribution in [0, 0.1) is 5.92 Å². The molecule has 1 saturated heterocycles. The molecule has 0 spiro atoms. The van der Waals surface area contributed by atoms with Gasteiger partial charge in [0.25, 0.3) is 0 Å². The van der Waals surface area contributed by atoms with Gasteiger partial charge in [-0.25, -0.2) is 9.59 Å². The third-order valence-electron chi connectivity index (χ3n) is 9.39. The van der Waals surface area contributed by atoms with Gasteiger partial charge < -0.3 is 25.0 Å². The number of rotatable bonds is 19. The highest BCUT2D eigenvalue weighted by molar-refractivity contribution is 7.09. The number of Topliss-reactive ketones (excluding diaryl/α,β-unsaturated/α-hetero) is 1. The van der Waals surface area contributed by atoms with Crippen molar-refractivity contribution >= 4 is 29.2 Å². The van der Waals surface area contributed by atoms with Crippen molar-refractivity contribution in [2.75, 3.05) is 39.9 Å². The summed E-state index contributed by atoms with van der Waals surface area (Å²) in [5.74, 6) is 0.0141. The fourth-order valence-corrected chi connectivity index (χ4v) is 7.01. The maximum absolute atomic E-state index is 14.3. The van der Waals surface area contributed by atoms with Crippen LogP contribution < -0.4 is 10.6 Å². The molecule has 52 heavy (non-hydrogen) atoms. The van der Waals surface area contributed by atoms with Gasteiger partial charge in [0.05, 0.1) is 29.6 Å². The van der Waals surface area contributed by atoms with Crippen LogP contribution in [-0.4, -0.2) is 84.7 Å². The lowest BCUT2D eigenvalue weighted by molar-refractivity contribution is -0.122. The first-order valence-electron chi connectivity index (χ1n) is 18.2. The van der Waals surface area contributed by atoms with Crippen LogP contribution in [0.15, 0.2) is 103 Å². The first kappa shape index (κ1) is 38.6. The standard InChI is InChI=1S/C41H51N5O5S/c1-45(29-34-15-9-4-10-16-34)40(48)44-38(19-20-46-21-23-50-24-22-46)39(47)27-35(25-32-11-5-2-6-12-32)17-18-36(26-33-13-7-3-8-14-33)43-41(49)51-30-37-28-42-31-52-37/h2-16,28,31,35-36,38H,17-27,29-30H2,1H3,(H,43,49)(H,44,48)/t35-,36-,38+/m1/s1. The molecule has 4 aromatic rings. The van der Waals surface area contributed by atoms with Crippen LogP contribution >= 0.6 is 11.3 Å². The average molecular weight is 726 g/mol. The lowest BCUT2D eigenvalue weighted by Crippen LogP contribution is -2.49. The summed E-state index contributed by atoms with van der Waals surface area (Å²) in [7, 11) is 1.76. The summed E-state index contributed by atoms with van der Waals surface area (Å²) in [6, 6.07) is 29.0. The maximum Gasteiger partial charge on any atom is 0.407 e. The predicted octanol–water partition coefficient (Wildman–Crippen LogP) is 6.51. The van der Waals surface area contributed by atoms with Gasteiger partial charge in [0, 0.05) is 51.9 Å². The molecule has 5 rings (SSSR count). The van der Waals surface area contributed by atoms with Crippen molar-refractivity contribution < 1.29 is 23.9 Å². The molecule has 10 nitrogen and oxygen atoms in total. The van der Waals surface area contributed by atoms with Crippen LogP contribution in [0.25, 0.3) is 0 Å². The van der Waals surface area contributed by atoms with Gasteiger partial charge in [0.15, 0.2) is 5.78 Å². The van der Waals surface area contributed by atoms with E-state index in [9.17, 15) is 14.4 Å². The Hall–Kier alpha value is -4.58. The topological polar surface area (TPSA) is 113 Å². The minimum atomic E-state index is -0.633. The summed E-state index contributed by atoms with van der Waals surface area (Å²) in [5.41, 5.74) is 4.99. The van der Waals surface area contributed by atoms with Gasteiger partial charge >= 0.3 is 12.1 Å². The molecule has 3 atom stereocenters. The quantitative estimate of drug-likeness (QED) is 0.113. The fourth-order valence-electron chi connectivity index (χ4n) is 6.51. The highest BCUT2D eigenvalue weighted by Crippen LogP contribution is 2.23. The van der Waals surface area contributed by atoms with Crippen LogP contribution in [0.1, 0.15) is 47.3 Å². The number of urea groups is 1. The first-order chi connectivity index (χ1) is 25.4. The van der Waals surface area contributed by atoms with Crippen molar-refractivity contribution in [1.82, 2.24) is 25.4 Å². The van der Waals surface area contributed by atoms with E-state index in [0.29, 0.717) is 64.8 Å². The van der Waals surface area contributed by atoms with Gasteiger partial charge in [0.1, 0.15) is 6.61 Å². The Morgan fingerprint density at radius 2 is 1.48 bits per heavy atom. The first-order valence-corrected chi connectivity index (χ1v) is 19.1. The molecule has 1 aromatic heterocycles. The monoisotopic (exact) mass is 725 g/mol. The molecule has 0 radical (unpaired) electrons. The number of thiazole rings is 1. The van der Waals surface area contributed by atoms with Crippen molar-refractivity contribution in [1.29, 1.82) is 0 Å². The van der Waals surface area contributed by atoms with Crippen molar-refractivity contribution in [2.24, 2.45) is 5.92 Å². The number of carbonyl (C=O) groups is 3. The molecular formula is C41H51N5O5S. The third kappa shape index (κ3) is 13.5. The van der Waals surface area contributed by atoms with Crippen LogP contribution in [0.2, 0.25) is 0 Å². The van der Waals surface area contributed by atoms with Crippen molar-refractivity contribution in [3.05, 3.63) is 124 Å². The number of nitrogens with one attached hydrogen (secondary N) is 2. The van der Waals surface area contributed by atoms with E-state index in [-0.39, 0.29) is 30.4 Å². The number of carbonyl (C=O) groups excluding carboxylic acids is 3. The number of alkyl carbamates (subject to hydrolysis) is 1. The lowest BCUT2D eigenvalue weighted by atomic mass is 9.86. The Labute approximate surface area is 311 Å². The molecule has 0 unspecified atom stereocenters. The average Bonchev–Trinajstić information content (AvgIpc) is 3.70. The van der Waals surface area contributed by atoms with Crippen LogP contribution in [-0.2, 0) is 40.3 Å². The fraction of sp³-hybridized carbons (Fsp3) is 0.415. The number of benzene rings is 3. The molecule has 1 aliphatic rings. The number of nitrogens with zero attached hydrogens (tertiary/aromatic N) is 3. The highest BCUT2D eigenvalue weighted by Gasteiger charge is 2.27. The Kier molecular flexibility index (Phi) is 15.7. The SMILES string of the molecule is CN(Cc1ccccc1)C(=O)N[C@@H](CCN1CCOCC1)C(=O)C[C@H](CC[C@H](Cc1ccccc1)NC(=O)OCc1cncs1)Cc1ccccc1. The summed E-state index contributed by atoms with van der Waals surface area (Å²) in [6.45, 7) is 4.25. The van der Waals surface area contributed by atoms with Gasteiger partial charge in [-0.3, -0.25) is 14.7 Å². The second kappa shape index (κ2) is 21.1. The Balaban J connectivity index is 1.28. The summed E-state index contributed by atoms with van der Waals surface area (Å²) < 4.78 is 11.1. The van der Waals surface area contributed by atoms with E-state index in [1.54, 1.807) is 23.7 Å². The molecule has 0 aliphatic carbocycles. The van der Waals surface area contributed by atoms with Crippen molar-refractivity contribution in [3.63, 3.8) is 0 Å². The molecule has 276 valence electrons. The molecule has 1 aliphatic heterocycles. The summed E-state index contributed by atoms with van der Waals surface area (Å²) in [4.78, 5) is 49.6. The number of morpholine rings is 1. The summed E-state index contributed by atoms with van der Waals surface area (Å²) >= 11 is 1.44. The van der Waals surface area contributed by atoms with Gasteiger partial charge in [0.2, 0.25) is 0 Å². The van der Waals surface area contributed by atoms with Crippen LogP contribution in [0.5, 0.6) is 0 Å². The second-order valence-corrected chi connectivity index (χ2v) is 14.4. The van der Waals surface area contributed by atoms with E-state index in [0.717, 1.165) is 34.7 Å².